The third-order valence-electron chi connectivity index (χ3n) is 3.43. The van der Waals surface area contributed by atoms with Gasteiger partial charge in [0.15, 0.2) is 0 Å². The van der Waals surface area contributed by atoms with Crippen LogP contribution in [0.15, 0.2) is 54.7 Å². The molecule has 18 heavy (non-hydrogen) atoms. The van der Waals surface area contributed by atoms with Gasteiger partial charge in [-0.15, -0.1) is 0 Å². The van der Waals surface area contributed by atoms with Gasteiger partial charge in [0.1, 0.15) is 13.1 Å². The normalized spacial score (nSPS) is 15.8. The van der Waals surface area contributed by atoms with E-state index in [9.17, 15) is 0 Å². The summed E-state index contributed by atoms with van der Waals surface area (Å²) in [6, 6.07) is 16.9. The highest BCUT2D eigenvalue weighted by atomic mass is 15.3. The molecule has 0 bridgehead atoms. The molecular weight excluding hydrogens is 222 g/mol. The maximum Gasteiger partial charge on any atom is 0.274 e. The molecule has 2 heterocycles. The van der Waals surface area contributed by atoms with Crippen LogP contribution in [0.2, 0.25) is 0 Å². The van der Waals surface area contributed by atoms with Crippen molar-refractivity contribution in [2.45, 2.75) is 0 Å². The van der Waals surface area contributed by atoms with Gasteiger partial charge < -0.3 is 4.90 Å². The quantitative estimate of drug-likeness (QED) is 0.798. The number of anilines is 2. The summed E-state index contributed by atoms with van der Waals surface area (Å²) in [5.41, 5.74) is 1.33. The van der Waals surface area contributed by atoms with Crippen LogP contribution in [0.25, 0.3) is 0 Å². The Morgan fingerprint density at radius 1 is 0.722 bits per heavy atom. The second-order valence-corrected chi connectivity index (χ2v) is 4.56. The first-order valence-electron chi connectivity index (χ1n) is 6.45. The van der Waals surface area contributed by atoms with Gasteiger partial charge in [0.2, 0.25) is 0 Å². The van der Waals surface area contributed by atoms with Gasteiger partial charge in [-0.1, -0.05) is 24.3 Å². The SMILES string of the molecule is c1ccc(N2CCN(c3cccc[nH+]3)CC2)cc1. The molecule has 2 aromatic rings. The number of nitrogens with one attached hydrogen (secondary N) is 1. The van der Waals surface area contributed by atoms with Crippen LogP contribution in [0.1, 0.15) is 0 Å². The smallest absolute Gasteiger partial charge is 0.274 e. The minimum atomic E-state index is 1.06. The lowest BCUT2D eigenvalue weighted by Gasteiger charge is -2.32. The number of aromatic amines is 1. The molecule has 0 amide bonds. The van der Waals surface area contributed by atoms with E-state index >= 15 is 0 Å². The fourth-order valence-electron chi connectivity index (χ4n) is 2.42. The number of hydrogen-bond donors (Lipinski definition) is 0. The molecule has 3 heteroatoms. The number of hydrogen-bond acceptors (Lipinski definition) is 2. The molecule has 92 valence electrons. The van der Waals surface area contributed by atoms with Gasteiger partial charge >= 0.3 is 0 Å². The molecule has 1 fully saturated rings. The number of piperazine rings is 1. The van der Waals surface area contributed by atoms with Gasteiger partial charge in [0, 0.05) is 11.8 Å². The first-order valence-corrected chi connectivity index (χ1v) is 6.45. The zero-order valence-electron chi connectivity index (χ0n) is 10.4. The Morgan fingerprint density at radius 3 is 2.06 bits per heavy atom. The minimum absolute atomic E-state index is 1.06. The van der Waals surface area contributed by atoms with Gasteiger partial charge in [0.05, 0.1) is 19.3 Å². The van der Waals surface area contributed by atoms with Crippen LogP contribution >= 0.6 is 0 Å². The molecule has 1 N–H and O–H groups in total. The van der Waals surface area contributed by atoms with E-state index in [0.717, 1.165) is 26.2 Å². The largest absolute Gasteiger partial charge is 0.364 e. The van der Waals surface area contributed by atoms with Crippen LogP contribution in [0, 0.1) is 0 Å². The summed E-state index contributed by atoms with van der Waals surface area (Å²) in [7, 11) is 0. The Labute approximate surface area is 108 Å². The van der Waals surface area contributed by atoms with Gasteiger partial charge in [-0.3, -0.25) is 4.90 Å². The number of para-hydroxylation sites is 1. The van der Waals surface area contributed by atoms with Crippen molar-refractivity contribution in [3.63, 3.8) is 0 Å². The summed E-state index contributed by atoms with van der Waals surface area (Å²) in [6.07, 6.45) is 1.99. The van der Waals surface area contributed by atoms with Crippen molar-refractivity contribution in [2.24, 2.45) is 0 Å². The highest BCUT2D eigenvalue weighted by Crippen LogP contribution is 2.17. The van der Waals surface area contributed by atoms with E-state index in [1.54, 1.807) is 0 Å². The Morgan fingerprint density at radius 2 is 1.39 bits per heavy atom. The molecule has 3 rings (SSSR count). The molecule has 1 saturated heterocycles. The second kappa shape index (κ2) is 5.08. The van der Waals surface area contributed by atoms with Crippen LogP contribution in [0.4, 0.5) is 11.5 Å². The molecule has 1 aliphatic rings. The highest BCUT2D eigenvalue weighted by Gasteiger charge is 2.22. The van der Waals surface area contributed by atoms with E-state index in [0.29, 0.717) is 0 Å². The molecule has 0 radical (unpaired) electrons. The molecular formula is C15H18N3+. The third kappa shape index (κ3) is 2.30. The summed E-state index contributed by atoms with van der Waals surface area (Å²) in [4.78, 5) is 8.15. The van der Waals surface area contributed by atoms with Gasteiger partial charge in [-0.2, -0.15) is 0 Å². The first-order chi connectivity index (χ1) is 8.93. The van der Waals surface area contributed by atoms with E-state index in [4.69, 9.17) is 0 Å². The monoisotopic (exact) mass is 240 g/mol. The minimum Gasteiger partial charge on any atom is -0.364 e. The average Bonchev–Trinajstić information content (AvgIpc) is 2.49. The lowest BCUT2D eigenvalue weighted by atomic mass is 10.2. The molecule has 1 aliphatic heterocycles. The number of aromatic nitrogens is 1. The summed E-state index contributed by atoms with van der Waals surface area (Å²) in [6.45, 7) is 4.28. The predicted molar refractivity (Wildman–Crippen MR) is 73.9 cm³/mol. The number of nitrogens with zero attached hydrogens (tertiary/aromatic N) is 2. The van der Waals surface area contributed by atoms with Crippen LogP contribution < -0.4 is 14.8 Å². The molecule has 1 aromatic heterocycles. The lowest BCUT2D eigenvalue weighted by molar-refractivity contribution is -0.364. The average molecular weight is 240 g/mol. The fourth-order valence-corrected chi connectivity index (χ4v) is 2.42. The van der Waals surface area contributed by atoms with Crippen LogP contribution in [0.3, 0.4) is 0 Å². The maximum absolute atomic E-state index is 3.30. The molecule has 0 unspecified atom stereocenters. The standard InChI is InChI=1S/C15H17N3/c1-2-6-14(7-3-1)17-10-12-18(13-11-17)15-8-4-5-9-16-15/h1-9H,10-13H2/p+1. The first kappa shape index (κ1) is 11.1. The van der Waals surface area contributed by atoms with Crippen molar-refractivity contribution in [3.8, 4) is 0 Å². The van der Waals surface area contributed by atoms with E-state index in [-0.39, 0.29) is 0 Å². The Balaban J connectivity index is 1.65. The number of pyridine rings is 1. The van der Waals surface area contributed by atoms with Crippen molar-refractivity contribution in [3.05, 3.63) is 54.7 Å². The van der Waals surface area contributed by atoms with Crippen molar-refractivity contribution < 1.29 is 4.98 Å². The zero-order chi connectivity index (χ0) is 12.2. The highest BCUT2D eigenvalue weighted by molar-refractivity contribution is 5.48. The van der Waals surface area contributed by atoms with E-state index in [1.807, 2.05) is 12.3 Å². The van der Waals surface area contributed by atoms with Crippen LogP contribution in [-0.2, 0) is 0 Å². The van der Waals surface area contributed by atoms with Crippen molar-refractivity contribution in [1.29, 1.82) is 0 Å². The number of H-pyrrole nitrogens is 1. The Hall–Kier alpha value is -2.03. The lowest BCUT2D eigenvalue weighted by Crippen LogP contribution is -2.48. The van der Waals surface area contributed by atoms with Crippen LogP contribution in [0.5, 0.6) is 0 Å². The second-order valence-electron chi connectivity index (χ2n) is 4.56. The van der Waals surface area contributed by atoms with Gasteiger partial charge in [-0.25, -0.2) is 4.98 Å². The molecule has 0 saturated carbocycles. The molecule has 3 nitrogen and oxygen atoms in total. The molecule has 0 spiro atoms. The van der Waals surface area contributed by atoms with Gasteiger partial charge in [-0.05, 0) is 18.2 Å². The topological polar surface area (TPSA) is 20.6 Å². The van der Waals surface area contributed by atoms with E-state index in [1.165, 1.54) is 11.5 Å². The van der Waals surface area contributed by atoms with Crippen molar-refractivity contribution in [2.75, 3.05) is 36.0 Å². The van der Waals surface area contributed by atoms with E-state index < -0.39 is 0 Å². The Bertz CT molecular complexity index is 428. The van der Waals surface area contributed by atoms with Crippen LogP contribution in [-0.4, -0.2) is 26.2 Å². The molecule has 0 atom stereocenters. The van der Waals surface area contributed by atoms with Crippen molar-refractivity contribution >= 4 is 11.5 Å². The maximum atomic E-state index is 3.30. The van der Waals surface area contributed by atoms with Gasteiger partial charge in [0.25, 0.3) is 5.82 Å². The fraction of sp³-hybridized carbons (Fsp3) is 0.267. The van der Waals surface area contributed by atoms with Crippen molar-refractivity contribution in [1.82, 2.24) is 0 Å². The molecule has 1 aromatic carbocycles. The summed E-state index contributed by atoms with van der Waals surface area (Å²) >= 11 is 0. The third-order valence-corrected chi connectivity index (χ3v) is 3.43. The summed E-state index contributed by atoms with van der Waals surface area (Å²) in [5, 5.41) is 0. The Kier molecular flexibility index (Phi) is 3.13. The summed E-state index contributed by atoms with van der Waals surface area (Å²) < 4.78 is 0. The predicted octanol–water partition coefficient (Wildman–Crippen LogP) is 1.83. The summed E-state index contributed by atoms with van der Waals surface area (Å²) in [5.74, 6) is 1.21. The number of benzene rings is 1. The number of rotatable bonds is 2. The van der Waals surface area contributed by atoms with E-state index in [2.05, 4.69) is 57.2 Å². The zero-order valence-corrected chi connectivity index (χ0v) is 10.4. The molecule has 0 aliphatic carbocycles.